The molecule has 0 aliphatic heterocycles. The number of methoxy groups -OCH3 is 1. The predicted molar refractivity (Wildman–Crippen MR) is 59.8 cm³/mol. The fourth-order valence-electron chi connectivity index (χ4n) is 3.70. The van der Waals surface area contributed by atoms with Crippen LogP contribution in [-0.4, -0.2) is 18.9 Å². The summed E-state index contributed by atoms with van der Waals surface area (Å²) in [6, 6.07) is 0. The van der Waals surface area contributed by atoms with Gasteiger partial charge in [-0.15, -0.1) is 0 Å². The Bertz CT molecular complexity index is 336. The van der Waals surface area contributed by atoms with E-state index in [4.69, 9.17) is 0 Å². The van der Waals surface area contributed by atoms with Crippen molar-refractivity contribution in [1.82, 2.24) is 0 Å². The molecule has 2 saturated carbocycles. The summed E-state index contributed by atoms with van der Waals surface area (Å²) in [5.41, 5.74) is -0.177. The third kappa shape index (κ3) is 1.33. The van der Waals surface area contributed by atoms with E-state index in [0.29, 0.717) is 24.5 Å². The third-order valence-electron chi connectivity index (χ3n) is 5.28. The zero-order chi connectivity index (χ0) is 12.0. The van der Waals surface area contributed by atoms with Gasteiger partial charge in [0.05, 0.1) is 7.11 Å². The fraction of sp³-hybridized carbons (Fsp3) is 0.846. The van der Waals surface area contributed by atoms with Crippen molar-refractivity contribution in [2.45, 2.75) is 46.0 Å². The first-order valence-electron chi connectivity index (χ1n) is 6.04. The summed E-state index contributed by atoms with van der Waals surface area (Å²) < 4.78 is 4.68. The molecule has 2 aliphatic rings. The minimum atomic E-state index is -0.189. The smallest absolute Gasteiger partial charge is 0.305 e. The fourth-order valence-corrected chi connectivity index (χ4v) is 3.70. The molecule has 90 valence electrons. The van der Waals surface area contributed by atoms with Crippen molar-refractivity contribution in [2.24, 2.45) is 16.7 Å². The van der Waals surface area contributed by atoms with Crippen LogP contribution in [0.2, 0.25) is 0 Å². The number of ether oxygens (including phenoxy) is 1. The van der Waals surface area contributed by atoms with E-state index in [1.165, 1.54) is 7.11 Å². The molecular weight excluding hydrogens is 204 g/mol. The van der Waals surface area contributed by atoms with Crippen LogP contribution in [0.3, 0.4) is 0 Å². The van der Waals surface area contributed by atoms with Crippen LogP contribution in [0.5, 0.6) is 0 Å². The van der Waals surface area contributed by atoms with E-state index in [2.05, 4.69) is 18.6 Å². The first kappa shape index (κ1) is 11.6. The number of carbonyl (C=O) groups excluding carboxylic acids is 2. The number of rotatable bonds is 3. The summed E-state index contributed by atoms with van der Waals surface area (Å²) in [4.78, 5) is 23.2. The summed E-state index contributed by atoms with van der Waals surface area (Å²) in [7, 11) is 1.42. The molecule has 2 rings (SSSR count). The number of Topliss-reactive ketones (excluding diaryl/α,β-unsaturated/α-hetero) is 1. The minimum Gasteiger partial charge on any atom is -0.469 e. The Kier molecular flexibility index (Phi) is 2.59. The zero-order valence-electron chi connectivity index (χ0n) is 10.3. The highest BCUT2D eigenvalue weighted by molar-refractivity contribution is 5.89. The van der Waals surface area contributed by atoms with Crippen molar-refractivity contribution in [2.75, 3.05) is 7.11 Å². The molecule has 2 aliphatic carbocycles. The molecule has 3 unspecified atom stereocenters. The van der Waals surface area contributed by atoms with Crippen molar-refractivity contribution in [3.63, 3.8) is 0 Å². The lowest BCUT2D eigenvalue weighted by molar-refractivity contribution is -0.142. The largest absolute Gasteiger partial charge is 0.469 e. The summed E-state index contributed by atoms with van der Waals surface area (Å²) >= 11 is 0. The van der Waals surface area contributed by atoms with E-state index >= 15 is 0 Å². The topological polar surface area (TPSA) is 43.4 Å². The maximum absolute atomic E-state index is 12.0. The highest BCUT2D eigenvalue weighted by atomic mass is 16.5. The molecular formula is C13H20O3. The monoisotopic (exact) mass is 224 g/mol. The maximum atomic E-state index is 12.0. The van der Waals surface area contributed by atoms with Gasteiger partial charge >= 0.3 is 5.97 Å². The quantitative estimate of drug-likeness (QED) is 0.691. The summed E-state index contributed by atoms with van der Waals surface area (Å²) in [6.07, 6.45) is 4.07. The molecule has 0 aromatic heterocycles. The zero-order valence-corrected chi connectivity index (χ0v) is 10.3. The van der Waals surface area contributed by atoms with Gasteiger partial charge in [-0.2, -0.15) is 0 Å². The molecule has 3 heteroatoms. The molecule has 3 atom stereocenters. The highest BCUT2D eigenvalue weighted by Crippen LogP contribution is 2.65. The third-order valence-corrected chi connectivity index (χ3v) is 5.28. The Morgan fingerprint density at radius 1 is 1.50 bits per heavy atom. The predicted octanol–water partition coefficient (Wildman–Crippen LogP) is 2.33. The van der Waals surface area contributed by atoms with E-state index in [-0.39, 0.29) is 16.8 Å². The second kappa shape index (κ2) is 3.57. The minimum absolute atomic E-state index is 0.0122. The summed E-state index contributed by atoms with van der Waals surface area (Å²) in [5.74, 6) is 0.717. The van der Waals surface area contributed by atoms with Gasteiger partial charge in [0, 0.05) is 18.3 Å². The van der Waals surface area contributed by atoms with Crippen LogP contribution in [0, 0.1) is 16.7 Å². The van der Waals surface area contributed by atoms with Gasteiger partial charge in [-0.3, -0.25) is 9.59 Å². The van der Waals surface area contributed by atoms with Gasteiger partial charge in [0.2, 0.25) is 0 Å². The first-order valence-corrected chi connectivity index (χ1v) is 6.04. The number of carbonyl (C=O) groups is 2. The van der Waals surface area contributed by atoms with E-state index in [1.54, 1.807) is 0 Å². The number of ketones is 1. The Morgan fingerprint density at radius 2 is 2.19 bits per heavy atom. The van der Waals surface area contributed by atoms with Gasteiger partial charge in [-0.1, -0.05) is 13.8 Å². The number of esters is 1. The van der Waals surface area contributed by atoms with E-state index in [1.807, 2.05) is 0 Å². The average molecular weight is 224 g/mol. The number of fused-ring (bicyclic) bond motifs is 2. The highest BCUT2D eigenvalue weighted by Gasteiger charge is 2.63. The molecule has 0 saturated heterocycles. The van der Waals surface area contributed by atoms with Gasteiger partial charge in [0.15, 0.2) is 0 Å². The van der Waals surface area contributed by atoms with Crippen LogP contribution in [-0.2, 0) is 14.3 Å². The Morgan fingerprint density at radius 3 is 2.62 bits per heavy atom. The Labute approximate surface area is 96.5 Å². The molecule has 2 bridgehead atoms. The normalized spacial score (nSPS) is 41.4. The van der Waals surface area contributed by atoms with Gasteiger partial charge in [-0.05, 0) is 30.6 Å². The van der Waals surface area contributed by atoms with E-state index < -0.39 is 0 Å². The molecule has 0 amide bonds. The van der Waals surface area contributed by atoms with Crippen molar-refractivity contribution >= 4 is 11.8 Å². The molecule has 2 fully saturated rings. The molecule has 0 heterocycles. The van der Waals surface area contributed by atoms with E-state index in [0.717, 1.165) is 19.3 Å². The van der Waals surface area contributed by atoms with Gasteiger partial charge in [0.1, 0.15) is 5.78 Å². The summed E-state index contributed by atoms with van der Waals surface area (Å²) in [6.45, 7) is 4.26. The SMILES string of the molecule is COC(=O)CCC1(C)C2CCC1(C)C(=O)C2. The second-order valence-corrected chi connectivity index (χ2v) is 5.69. The lowest BCUT2D eigenvalue weighted by Gasteiger charge is -2.36. The van der Waals surface area contributed by atoms with Crippen molar-refractivity contribution in [3.05, 3.63) is 0 Å². The van der Waals surface area contributed by atoms with Gasteiger partial charge in [0.25, 0.3) is 0 Å². The molecule has 3 nitrogen and oxygen atoms in total. The molecule has 0 spiro atoms. The van der Waals surface area contributed by atoms with Crippen LogP contribution in [0.15, 0.2) is 0 Å². The second-order valence-electron chi connectivity index (χ2n) is 5.69. The van der Waals surface area contributed by atoms with Crippen LogP contribution in [0.4, 0.5) is 0 Å². The molecule has 16 heavy (non-hydrogen) atoms. The lowest BCUT2D eigenvalue weighted by Crippen LogP contribution is -2.35. The van der Waals surface area contributed by atoms with Crippen LogP contribution >= 0.6 is 0 Å². The summed E-state index contributed by atoms with van der Waals surface area (Å²) in [5, 5.41) is 0. The molecule has 0 radical (unpaired) electrons. The van der Waals surface area contributed by atoms with Crippen LogP contribution in [0.1, 0.15) is 46.0 Å². The van der Waals surface area contributed by atoms with Gasteiger partial charge in [-0.25, -0.2) is 0 Å². The first-order chi connectivity index (χ1) is 7.44. The van der Waals surface area contributed by atoms with Crippen LogP contribution < -0.4 is 0 Å². The number of hydrogen-bond acceptors (Lipinski definition) is 3. The van der Waals surface area contributed by atoms with Gasteiger partial charge < -0.3 is 4.74 Å². The number of hydrogen-bond donors (Lipinski definition) is 0. The van der Waals surface area contributed by atoms with Crippen molar-refractivity contribution in [3.8, 4) is 0 Å². The standard InChI is InChI=1S/C13H20O3/c1-12(7-5-11(15)16-3)9-4-6-13(12,2)10(14)8-9/h9H,4-8H2,1-3H3. The maximum Gasteiger partial charge on any atom is 0.305 e. The van der Waals surface area contributed by atoms with Crippen molar-refractivity contribution in [1.29, 1.82) is 0 Å². The van der Waals surface area contributed by atoms with E-state index in [9.17, 15) is 9.59 Å². The van der Waals surface area contributed by atoms with Crippen LogP contribution in [0.25, 0.3) is 0 Å². The lowest BCUT2D eigenvalue weighted by atomic mass is 9.66. The Balaban J connectivity index is 2.13. The average Bonchev–Trinajstić information content (AvgIpc) is 2.61. The van der Waals surface area contributed by atoms with Crippen molar-refractivity contribution < 1.29 is 14.3 Å². The molecule has 0 N–H and O–H groups in total. The Hall–Kier alpha value is -0.860. The molecule has 0 aromatic carbocycles. The molecule has 0 aromatic rings.